The van der Waals surface area contributed by atoms with E-state index in [9.17, 15) is 9.90 Å². The zero-order valence-corrected chi connectivity index (χ0v) is 25.1. The molecule has 8 heteroatoms. The SMILES string of the molecule is COc1cc(-c2ccc3ncc(C(=O)C4CC4)c(NC4CCC(CN5CCC(N(C)C)C5)CC4)c3c2)cc(Cl)c1O. The van der Waals surface area contributed by atoms with E-state index in [4.69, 9.17) is 21.3 Å². The number of carbonyl (C=O) groups is 1. The van der Waals surface area contributed by atoms with E-state index in [1.807, 2.05) is 12.1 Å². The van der Waals surface area contributed by atoms with E-state index in [-0.39, 0.29) is 22.5 Å². The van der Waals surface area contributed by atoms with Gasteiger partial charge in [0.2, 0.25) is 0 Å². The van der Waals surface area contributed by atoms with Crippen LogP contribution in [0.3, 0.4) is 0 Å². The minimum absolute atomic E-state index is 0.0714. The summed E-state index contributed by atoms with van der Waals surface area (Å²) in [6.07, 6.45) is 9.55. The van der Waals surface area contributed by atoms with Crippen LogP contribution in [0.15, 0.2) is 36.5 Å². The van der Waals surface area contributed by atoms with Crippen LogP contribution in [0.5, 0.6) is 11.5 Å². The molecule has 1 aromatic heterocycles. The number of anilines is 1. The molecule has 2 aromatic carbocycles. The van der Waals surface area contributed by atoms with Crippen molar-refractivity contribution in [2.24, 2.45) is 11.8 Å². The van der Waals surface area contributed by atoms with E-state index in [0.29, 0.717) is 23.4 Å². The molecule has 2 saturated carbocycles. The second kappa shape index (κ2) is 11.8. The summed E-state index contributed by atoms with van der Waals surface area (Å²) in [5.41, 5.74) is 4.20. The number of hydrogen-bond donors (Lipinski definition) is 2. The number of phenolic OH excluding ortho intramolecular Hbond substituents is 1. The number of ketones is 1. The van der Waals surface area contributed by atoms with Crippen LogP contribution in [-0.2, 0) is 0 Å². The third-order valence-electron chi connectivity index (χ3n) is 9.35. The summed E-state index contributed by atoms with van der Waals surface area (Å²) in [5.74, 6) is 1.29. The van der Waals surface area contributed by atoms with Gasteiger partial charge in [0.05, 0.1) is 28.9 Å². The fourth-order valence-electron chi connectivity index (χ4n) is 6.63. The summed E-state index contributed by atoms with van der Waals surface area (Å²) in [6, 6.07) is 10.6. The molecule has 0 amide bonds. The van der Waals surface area contributed by atoms with Gasteiger partial charge in [-0.1, -0.05) is 17.7 Å². The molecule has 1 aliphatic heterocycles. The van der Waals surface area contributed by atoms with Gasteiger partial charge in [0, 0.05) is 42.7 Å². The van der Waals surface area contributed by atoms with Crippen molar-refractivity contribution in [2.75, 3.05) is 46.2 Å². The normalized spacial score (nSPS) is 23.3. The molecule has 3 aromatic rings. The minimum Gasteiger partial charge on any atom is -0.503 e. The van der Waals surface area contributed by atoms with Crippen molar-refractivity contribution in [3.8, 4) is 22.6 Å². The van der Waals surface area contributed by atoms with Crippen LogP contribution in [0.2, 0.25) is 5.02 Å². The number of phenols is 1. The van der Waals surface area contributed by atoms with Gasteiger partial charge in [0.1, 0.15) is 0 Å². The van der Waals surface area contributed by atoms with E-state index in [1.54, 1.807) is 18.3 Å². The standard InChI is InChI=1S/C33H41ClN4O3/c1-37(2)25-12-13-38(19-25)18-20-4-9-24(10-5-20)36-31-26-14-22(23-15-28(34)33(40)30(16-23)41-3)8-11-29(26)35-17-27(31)32(39)21-6-7-21/h8,11,14-17,20-21,24-25,40H,4-7,9-10,12-13,18-19H2,1-3H3,(H,35,36). The highest BCUT2D eigenvalue weighted by Crippen LogP contribution is 2.41. The molecular formula is C33H41ClN4O3. The molecule has 6 rings (SSSR count). The molecule has 0 radical (unpaired) electrons. The first-order valence-electron chi connectivity index (χ1n) is 15.0. The van der Waals surface area contributed by atoms with Gasteiger partial charge in [-0.15, -0.1) is 0 Å². The molecule has 2 N–H and O–H groups in total. The number of pyridine rings is 1. The lowest BCUT2D eigenvalue weighted by atomic mass is 9.85. The largest absolute Gasteiger partial charge is 0.503 e. The maximum Gasteiger partial charge on any atom is 0.176 e. The molecule has 2 aliphatic carbocycles. The molecule has 41 heavy (non-hydrogen) atoms. The van der Waals surface area contributed by atoms with Gasteiger partial charge in [-0.25, -0.2) is 0 Å². The smallest absolute Gasteiger partial charge is 0.176 e. The van der Waals surface area contributed by atoms with Crippen LogP contribution in [0, 0.1) is 11.8 Å². The second-order valence-electron chi connectivity index (χ2n) is 12.5. The summed E-state index contributed by atoms with van der Waals surface area (Å²) < 4.78 is 5.34. The van der Waals surface area contributed by atoms with Crippen LogP contribution in [-0.4, -0.2) is 78.6 Å². The quantitative estimate of drug-likeness (QED) is 0.283. The number of benzene rings is 2. The Hall–Kier alpha value is -2.87. The highest BCUT2D eigenvalue weighted by atomic mass is 35.5. The molecule has 1 unspecified atom stereocenters. The number of methoxy groups -OCH3 is 1. The molecule has 3 aliphatic rings. The monoisotopic (exact) mass is 576 g/mol. The van der Waals surface area contributed by atoms with E-state index in [0.717, 1.165) is 59.3 Å². The van der Waals surface area contributed by atoms with Crippen molar-refractivity contribution < 1.29 is 14.6 Å². The number of likely N-dealkylation sites (N-methyl/N-ethyl adjacent to an activating group) is 1. The summed E-state index contributed by atoms with van der Waals surface area (Å²) in [4.78, 5) is 23.1. The van der Waals surface area contributed by atoms with Gasteiger partial charge < -0.3 is 25.0 Å². The Bertz CT molecular complexity index is 1430. The Morgan fingerprint density at radius 3 is 2.56 bits per heavy atom. The lowest BCUT2D eigenvalue weighted by molar-refractivity contribution is 0.0968. The van der Waals surface area contributed by atoms with Crippen molar-refractivity contribution >= 4 is 34.0 Å². The number of nitrogens with zero attached hydrogens (tertiary/aromatic N) is 3. The number of Topliss-reactive ketones (excluding diaryl/α,β-unsaturated/α-hetero) is 1. The Morgan fingerprint density at radius 1 is 1.10 bits per heavy atom. The van der Waals surface area contributed by atoms with Crippen LogP contribution in [0.4, 0.5) is 5.69 Å². The summed E-state index contributed by atoms with van der Waals surface area (Å²) in [6.45, 7) is 3.58. The number of aromatic hydroxyl groups is 1. The number of carbonyl (C=O) groups excluding carboxylic acids is 1. The molecule has 1 saturated heterocycles. The van der Waals surface area contributed by atoms with E-state index >= 15 is 0 Å². The Balaban J connectivity index is 1.25. The molecular weight excluding hydrogens is 536 g/mol. The average molecular weight is 577 g/mol. The zero-order valence-electron chi connectivity index (χ0n) is 24.3. The van der Waals surface area contributed by atoms with Gasteiger partial charge in [-0.2, -0.15) is 0 Å². The Labute approximate surface area is 247 Å². The first-order chi connectivity index (χ1) is 19.8. The number of halogens is 1. The first kappa shape index (κ1) is 28.3. The van der Waals surface area contributed by atoms with Crippen LogP contribution >= 0.6 is 11.6 Å². The number of aromatic nitrogens is 1. The van der Waals surface area contributed by atoms with Gasteiger partial charge in [-0.3, -0.25) is 9.78 Å². The van der Waals surface area contributed by atoms with Crippen molar-refractivity contribution in [3.63, 3.8) is 0 Å². The predicted molar refractivity (Wildman–Crippen MR) is 165 cm³/mol. The average Bonchev–Trinajstić information content (AvgIpc) is 3.72. The second-order valence-corrected chi connectivity index (χ2v) is 12.9. The summed E-state index contributed by atoms with van der Waals surface area (Å²) in [5, 5.41) is 15.2. The maximum absolute atomic E-state index is 13.4. The molecule has 0 bridgehead atoms. The Kier molecular flexibility index (Phi) is 8.12. The third-order valence-corrected chi connectivity index (χ3v) is 9.64. The van der Waals surface area contributed by atoms with Crippen LogP contribution in [0.25, 0.3) is 22.0 Å². The van der Waals surface area contributed by atoms with E-state index < -0.39 is 0 Å². The van der Waals surface area contributed by atoms with Crippen LogP contribution in [0.1, 0.15) is 55.3 Å². The summed E-state index contributed by atoms with van der Waals surface area (Å²) in [7, 11) is 5.89. The van der Waals surface area contributed by atoms with E-state index in [1.165, 1.54) is 46.0 Å². The number of rotatable bonds is 9. The molecule has 218 valence electrons. The molecule has 1 atom stereocenters. The minimum atomic E-state index is -0.0714. The highest BCUT2D eigenvalue weighted by molar-refractivity contribution is 6.32. The topological polar surface area (TPSA) is 77.9 Å². The van der Waals surface area contributed by atoms with Gasteiger partial charge in [-0.05, 0) is 107 Å². The predicted octanol–water partition coefficient (Wildman–Crippen LogP) is 6.47. The molecule has 0 spiro atoms. The van der Waals surface area contributed by atoms with Gasteiger partial charge in [0.15, 0.2) is 17.3 Å². The third kappa shape index (κ3) is 6.04. The maximum atomic E-state index is 13.4. The van der Waals surface area contributed by atoms with Gasteiger partial charge in [0.25, 0.3) is 0 Å². The van der Waals surface area contributed by atoms with Crippen molar-refractivity contribution in [1.82, 2.24) is 14.8 Å². The first-order valence-corrected chi connectivity index (χ1v) is 15.4. The van der Waals surface area contributed by atoms with Crippen molar-refractivity contribution in [3.05, 3.63) is 47.1 Å². The number of hydrogen-bond acceptors (Lipinski definition) is 7. The molecule has 3 fully saturated rings. The molecule has 7 nitrogen and oxygen atoms in total. The van der Waals surface area contributed by atoms with E-state index in [2.05, 4.69) is 35.3 Å². The van der Waals surface area contributed by atoms with Gasteiger partial charge >= 0.3 is 0 Å². The highest BCUT2D eigenvalue weighted by Gasteiger charge is 2.34. The van der Waals surface area contributed by atoms with Crippen LogP contribution < -0.4 is 10.1 Å². The number of nitrogens with one attached hydrogen (secondary N) is 1. The Morgan fingerprint density at radius 2 is 1.88 bits per heavy atom. The zero-order chi connectivity index (χ0) is 28.7. The molecule has 2 heterocycles. The lowest BCUT2D eigenvalue weighted by Gasteiger charge is -2.33. The van der Waals surface area contributed by atoms with Crippen molar-refractivity contribution in [2.45, 2.75) is 57.0 Å². The number of likely N-dealkylation sites (tertiary alicyclic amines) is 1. The fourth-order valence-corrected chi connectivity index (χ4v) is 6.84. The number of fused-ring (bicyclic) bond motifs is 1. The van der Waals surface area contributed by atoms with Crippen molar-refractivity contribution in [1.29, 1.82) is 0 Å². The summed E-state index contributed by atoms with van der Waals surface area (Å²) >= 11 is 6.32. The lowest BCUT2D eigenvalue weighted by Crippen LogP contribution is -2.36. The number of ether oxygens (including phenoxy) is 1. The fraction of sp³-hybridized carbons (Fsp3) is 0.515.